The number of benzene rings is 1. The maximum Gasteiger partial charge on any atom is 0.226 e. The first-order chi connectivity index (χ1) is 16.0. The van der Waals surface area contributed by atoms with E-state index >= 15 is 0 Å². The number of anilines is 2. The first-order valence-corrected chi connectivity index (χ1v) is 13.1. The van der Waals surface area contributed by atoms with E-state index in [-0.39, 0.29) is 5.91 Å². The monoisotopic (exact) mass is 483 g/mol. The summed E-state index contributed by atoms with van der Waals surface area (Å²) in [4.78, 5) is 28.2. The van der Waals surface area contributed by atoms with Crippen molar-refractivity contribution in [1.82, 2.24) is 14.9 Å². The van der Waals surface area contributed by atoms with Gasteiger partial charge < -0.3 is 15.1 Å². The molecule has 0 spiro atoms. The van der Waals surface area contributed by atoms with Crippen molar-refractivity contribution >= 4 is 51.4 Å². The molecule has 2 saturated heterocycles. The number of rotatable bonds is 6. The zero-order chi connectivity index (χ0) is 22.8. The molecule has 0 saturated carbocycles. The van der Waals surface area contributed by atoms with Gasteiger partial charge in [0, 0.05) is 46.9 Å². The Balaban J connectivity index is 1.22. The van der Waals surface area contributed by atoms with Gasteiger partial charge in [-0.1, -0.05) is 11.6 Å². The first kappa shape index (κ1) is 22.6. The number of thiophene rings is 1. The number of carbonyl (C=O) groups is 1. The molecule has 1 amide bonds. The maximum absolute atomic E-state index is 12.4. The van der Waals surface area contributed by atoms with E-state index in [9.17, 15) is 4.79 Å². The molecule has 33 heavy (non-hydrogen) atoms. The summed E-state index contributed by atoms with van der Waals surface area (Å²) in [5, 5.41) is 6.62. The molecule has 0 bridgehead atoms. The minimum atomic E-state index is -0.00469. The smallest absolute Gasteiger partial charge is 0.226 e. The zero-order valence-electron chi connectivity index (χ0n) is 19.0. The number of hydrogen-bond donors (Lipinski definition) is 1. The van der Waals surface area contributed by atoms with E-state index in [1.807, 2.05) is 36.6 Å². The van der Waals surface area contributed by atoms with Crippen LogP contribution in [0.5, 0.6) is 0 Å². The third-order valence-electron chi connectivity index (χ3n) is 6.78. The molecule has 0 radical (unpaired) electrons. The highest BCUT2D eigenvalue weighted by molar-refractivity contribution is 7.10. The van der Waals surface area contributed by atoms with Gasteiger partial charge in [-0.25, -0.2) is 9.97 Å². The van der Waals surface area contributed by atoms with Crippen LogP contribution in [0, 0.1) is 6.92 Å². The standard InChI is InChI=1S/C25H30ClN5OS/c1-17-22-15-19(28-24(32)7-5-21-14-18(26)16-33-21)4-6-23(22)29-25(27-17)31-12-8-20(9-13-31)30-10-2-3-11-30/h4,6,14-16,20H,2-3,5,7-13H2,1H3,(H,28,32). The van der Waals surface area contributed by atoms with Crippen molar-refractivity contribution < 1.29 is 4.79 Å². The number of halogens is 1. The van der Waals surface area contributed by atoms with Crippen LogP contribution in [-0.2, 0) is 11.2 Å². The minimum absolute atomic E-state index is 0.00469. The Hall–Kier alpha value is -2.22. The Bertz CT molecular complexity index is 1140. The fourth-order valence-corrected chi connectivity index (χ4v) is 6.05. The molecule has 1 N–H and O–H groups in total. The van der Waals surface area contributed by atoms with Gasteiger partial charge in [-0.15, -0.1) is 11.3 Å². The molecule has 0 aliphatic carbocycles. The van der Waals surface area contributed by atoms with Crippen molar-refractivity contribution in [3.05, 3.63) is 45.2 Å². The Labute approximate surface area is 204 Å². The average Bonchev–Trinajstić information content (AvgIpc) is 3.50. The third kappa shape index (κ3) is 5.31. The van der Waals surface area contributed by atoms with E-state index in [0.717, 1.165) is 51.2 Å². The second kappa shape index (κ2) is 9.95. The molecule has 5 rings (SSSR count). The molecule has 1 aromatic carbocycles. The number of aryl methyl sites for hydroxylation is 2. The minimum Gasteiger partial charge on any atom is -0.341 e. The number of carbonyl (C=O) groups excluding carboxylic acids is 1. The molecule has 4 heterocycles. The van der Waals surface area contributed by atoms with Crippen LogP contribution in [0.1, 0.15) is 42.7 Å². The fraction of sp³-hybridized carbons (Fsp3) is 0.480. The SMILES string of the molecule is Cc1nc(N2CCC(N3CCCC3)CC2)nc2ccc(NC(=O)CCc3cc(Cl)cs3)cc12. The van der Waals surface area contributed by atoms with Gasteiger partial charge >= 0.3 is 0 Å². The number of likely N-dealkylation sites (tertiary alicyclic amines) is 1. The topological polar surface area (TPSA) is 61.4 Å². The molecule has 2 fully saturated rings. The molecule has 3 aromatic rings. The van der Waals surface area contributed by atoms with E-state index in [4.69, 9.17) is 21.6 Å². The van der Waals surface area contributed by atoms with Gasteiger partial charge in [0.05, 0.1) is 16.2 Å². The van der Waals surface area contributed by atoms with Crippen LogP contribution >= 0.6 is 22.9 Å². The van der Waals surface area contributed by atoms with E-state index in [2.05, 4.69) is 15.1 Å². The van der Waals surface area contributed by atoms with E-state index in [1.54, 1.807) is 11.3 Å². The van der Waals surface area contributed by atoms with Crippen molar-refractivity contribution in [2.45, 2.75) is 51.5 Å². The molecule has 0 unspecified atom stereocenters. The zero-order valence-corrected chi connectivity index (χ0v) is 20.6. The highest BCUT2D eigenvalue weighted by Crippen LogP contribution is 2.27. The Morgan fingerprint density at radius 3 is 2.67 bits per heavy atom. The number of hydrogen-bond acceptors (Lipinski definition) is 6. The number of nitrogens with zero attached hydrogens (tertiary/aromatic N) is 4. The number of nitrogens with one attached hydrogen (secondary N) is 1. The molecule has 2 aliphatic heterocycles. The third-order valence-corrected chi connectivity index (χ3v) is 8.13. The number of piperidine rings is 1. The normalized spacial score (nSPS) is 17.7. The fourth-order valence-electron chi connectivity index (χ4n) is 4.97. The van der Waals surface area contributed by atoms with Gasteiger partial charge in [0.15, 0.2) is 0 Å². The summed E-state index contributed by atoms with van der Waals surface area (Å²) < 4.78 is 0. The van der Waals surface area contributed by atoms with Gasteiger partial charge in [-0.2, -0.15) is 0 Å². The van der Waals surface area contributed by atoms with Crippen LogP contribution in [-0.4, -0.2) is 53.0 Å². The van der Waals surface area contributed by atoms with Crippen molar-refractivity contribution in [3.63, 3.8) is 0 Å². The molecule has 174 valence electrons. The largest absolute Gasteiger partial charge is 0.341 e. The maximum atomic E-state index is 12.4. The molecule has 0 atom stereocenters. The van der Waals surface area contributed by atoms with Gasteiger partial charge in [0.1, 0.15) is 0 Å². The van der Waals surface area contributed by atoms with Crippen LogP contribution in [0.2, 0.25) is 5.02 Å². The molecular formula is C25H30ClN5OS. The Kier molecular flexibility index (Phi) is 6.81. The summed E-state index contributed by atoms with van der Waals surface area (Å²) in [6, 6.07) is 8.53. The Morgan fingerprint density at radius 1 is 1.15 bits per heavy atom. The van der Waals surface area contributed by atoms with Crippen molar-refractivity contribution in [3.8, 4) is 0 Å². The summed E-state index contributed by atoms with van der Waals surface area (Å²) in [5.74, 6) is 0.821. The van der Waals surface area contributed by atoms with Crippen LogP contribution < -0.4 is 10.2 Å². The summed E-state index contributed by atoms with van der Waals surface area (Å²) in [6.45, 7) is 6.57. The number of amides is 1. The van der Waals surface area contributed by atoms with Crippen molar-refractivity contribution in [2.24, 2.45) is 0 Å². The van der Waals surface area contributed by atoms with Crippen molar-refractivity contribution in [2.75, 3.05) is 36.4 Å². The van der Waals surface area contributed by atoms with Crippen LogP contribution in [0.4, 0.5) is 11.6 Å². The van der Waals surface area contributed by atoms with Gasteiger partial charge in [-0.05, 0) is 76.4 Å². The lowest BCUT2D eigenvalue weighted by Crippen LogP contribution is -2.44. The lowest BCUT2D eigenvalue weighted by atomic mass is 10.0. The number of aromatic nitrogens is 2. The van der Waals surface area contributed by atoms with Crippen molar-refractivity contribution in [1.29, 1.82) is 0 Å². The summed E-state index contributed by atoms with van der Waals surface area (Å²) in [5.41, 5.74) is 2.65. The average molecular weight is 484 g/mol. The van der Waals surface area contributed by atoms with E-state index < -0.39 is 0 Å². The predicted molar refractivity (Wildman–Crippen MR) is 137 cm³/mol. The van der Waals surface area contributed by atoms with E-state index in [1.165, 1.54) is 38.8 Å². The second-order valence-electron chi connectivity index (χ2n) is 9.08. The molecule has 8 heteroatoms. The number of fused-ring (bicyclic) bond motifs is 1. The van der Waals surface area contributed by atoms with Gasteiger partial charge in [0.25, 0.3) is 0 Å². The van der Waals surface area contributed by atoms with Gasteiger partial charge in [0.2, 0.25) is 11.9 Å². The Morgan fingerprint density at radius 2 is 1.94 bits per heavy atom. The van der Waals surface area contributed by atoms with E-state index in [0.29, 0.717) is 18.9 Å². The summed E-state index contributed by atoms with van der Waals surface area (Å²) in [7, 11) is 0. The summed E-state index contributed by atoms with van der Waals surface area (Å²) in [6.07, 6.45) is 6.18. The first-order valence-electron chi connectivity index (χ1n) is 11.9. The van der Waals surface area contributed by atoms with Crippen LogP contribution in [0.3, 0.4) is 0 Å². The second-order valence-corrected chi connectivity index (χ2v) is 10.5. The molecule has 6 nitrogen and oxygen atoms in total. The van der Waals surface area contributed by atoms with Crippen LogP contribution in [0.15, 0.2) is 29.6 Å². The highest BCUT2D eigenvalue weighted by Gasteiger charge is 2.27. The quantitative estimate of drug-likeness (QED) is 0.516. The summed E-state index contributed by atoms with van der Waals surface area (Å²) >= 11 is 7.55. The van der Waals surface area contributed by atoms with Gasteiger partial charge in [-0.3, -0.25) is 4.79 Å². The predicted octanol–water partition coefficient (Wildman–Crippen LogP) is 5.29. The molecular weight excluding hydrogens is 454 g/mol. The highest BCUT2D eigenvalue weighted by atomic mass is 35.5. The van der Waals surface area contributed by atoms with Crippen LogP contribution in [0.25, 0.3) is 10.9 Å². The lowest BCUT2D eigenvalue weighted by molar-refractivity contribution is -0.116. The lowest BCUT2D eigenvalue weighted by Gasteiger charge is -2.36. The molecule has 2 aliphatic rings. The molecule has 2 aromatic heterocycles.